The first-order valence-electron chi connectivity index (χ1n) is 3.57. The van der Waals surface area contributed by atoms with E-state index in [9.17, 15) is 18.0 Å². The zero-order valence-electron chi connectivity index (χ0n) is 7.45. The van der Waals surface area contributed by atoms with Crippen molar-refractivity contribution < 1.29 is 34.3 Å². The monoisotopic (exact) mass is 365 g/mol. The molecule has 0 N–H and O–H groups in total. The SMILES string of the molecule is C[I-]N([O-])c1ccc(F)c(S(=O)(=O)Cl)c1. The zero-order chi connectivity index (χ0) is 11.6. The Balaban J connectivity index is 3.29. The quantitative estimate of drug-likeness (QED) is 0.219. The summed E-state index contributed by atoms with van der Waals surface area (Å²) in [5, 5.41) is 11.2. The first kappa shape index (κ1) is 12.9. The van der Waals surface area contributed by atoms with Gasteiger partial charge in [0.05, 0.1) is 0 Å². The van der Waals surface area contributed by atoms with E-state index in [0.29, 0.717) is 3.28 Å². The molecular formula is C7H6ClFINO3S-2. The van der Waals surface area contributed by atoms with Gasteiger partial charge in [0.2, 0.25) is 0 Å². The summed E-state index contributed by atoms with van der Waals surface area (Å²) < 4.78 is 35.6. The van der Waals surface area contributed by atoms with Gasteiger partial charge in [-0.1, -0.05) is 0 Å². The molecule has 0 amide bonds. The third-order valence-electron chi connectivity index (χ3n) is 1.53. The first-order chi connectivity index (χ1) is 6.86. The van der Waals surface area contributed by atoms with Gasteiger partial charge in [-0.2, -0.15) is 0 Å². The molecule has 15 heavy (non-hydrogen) atoms. The van der Waals surface area contributed by atoms with Crippen LogP contribution in [0.3, 0.4) is 0 Å². The van der Waals surface area contributed by atoms with E-state index in [2.05, 4.69) is 0 Å². The number of alkyl halides is 1. The second kappa shape index (κ2) is 4.81. The summed E-state index contributed by atoms with van der Waals surface area (Å²) in [5.74, 6) is -0.962. The fourth-order valence-electron chi connectivity index (χ4n) is 0.886. The van der Waals surface area contributed by atoms with Crippen molar-refractivity contribution >= 4 is 25.4 Å². The van der Waals surface area contributed by atoms with Gasteiger partial charge in [0, 0.05) is 0 Å². The van der Waals surface area contributed by atoms with Crippen LogP contribution in [0.5, 0.6) is 0 Å². The fourth-order valence-corrected chi connectivity index (χ4v) is 2.66. The third-order valence-corrected chi connectivity index (χ3v) is 4.30. The van der Waals surface area contributed by atoms with Gasteiger partial charge >= 0.3 is 102 Å². The van der Waals surface area contributed by atoms with E-state index >= 15 is 0 Å². The molecule has 0 radical (unpaired) electrons. The number of benzene rings is 1. The van der Waals surface area contributed by atoms with E-state index < -0.39 is 41.2 Å². The summed E-state index contributed by atoms with van der Waals surface area (Å²) >= 11 is -0.776. The number of anilines is 1. The van der Waals surface area contributed by atoms with Crippen LogP contribution in [0.25, 0.3) is 0 Å². The van der Waals surface area contributed by atoms with Crippen LogP contribution in [-0.2, 0) is 9.05 Å². The molecule has 0 aliphatic heterocycles. The fraction of sp³-hybridized carbons (Fsp3) is 0.143. The Labute approximate surface area is 102 Å². The Bertz CT molecular complexity index is 467. The van der Waals surface area contributed by atoms with Crippen molar-refractivity contribution in [1.82, 2.24) is 0 Å². The van der Waals surface area contributed by atoms with Crippen molar-refractivity contribution in [2.75, 3.05) is 8.21 Å². The summed E-state index contributed by atoms with van der Waals surface area (Å²) in [6.07, 6.45) is 0. The molecule has 8 heteroatoms. The van der Waals surface area contributed by atoms with E-state index in [1.807, 2.05) is 0 Å². The molecule has 0 saturated heterocycles. The summed E-state index contributed by atoms with van der Waals surface area (Å²) in [6, 6.07) is 3.07. The summed E-state index contributed by atoms with van der Waals surface area (Å²) in [6.45, 7) is 0. The number of halogens is 3. The Morgan fingerprint density at radius 3 is 2.60 bits per heavy atom. The maximum absolute atomic E-state index is 13.1. The Morgan fingerprint density at radius 1 is 1.53 bits per heavy atom. The minimum absolute atomic E-state index is 0.103. The predicted octanol–water partition coefficient (Wildman–Crippen LogP) is -1.31. The minimum atomic E-state index is -4.15. The van der Waals surface area contributed by atoms with Gasteiger partial charge in [0.25, 0.3) is 0 Å². The van der Waals surface area contributed by atoms with Crippen LogP contribution in [0.15, 0.2) is 23.1 Å². The molecule has 86 valence electrons. The number of hydrogen-bond acceptors (Lipinski definition) is 4. The standard InChI is InChI=1S/C7H6ClFINO3S/c1-10-11(12)5-2-3-6(9)7(4-5)15(8,13)14/h2-4H,1H3/q-2. The second-order valence-electron chi connectivity index (χ2n) is 2.47. The molecule has 0 saturated carbocycles. The van der Waals surface area contributed by atoms with Gasteiger partial charge in [-0.05, 0) is 0 Å². The second-order valence-corrected chi connectivity index (χ2v) is 6.84. The van der Waals surface area contributed by atoms with Gasteiger partial charge in [-0.25, -0.2) is 0 Å². The molecule has 0 atom stereocenters. The molecule has 0 aromatic heterocycles. The Hall–Kier alpha value is -0.120. The van der Waals surface area contributed by atoms with Gasteiger partial charge < -0.3 is 0 Å². The molecule has 0 aliphatic carbocycles. The van der Waals surface area contributed by atoms with Crippen LogP contribution in [0.2, 0.25) is 0 Å². The molecule has 1 rings (SSSR count). The Morgan fingerprint density at radius 2 is 2.13 bits per heavy atom. The first-order valence-corrected chi connectivity index (χ1v) is 9.00. The molecule has 0 heterocycles. The van der Waals surface area contributed by atoms with E-state index in [1.165, 1.54) is 6.07 Å². The molecule has 0 spiro atoms. The number of hydrogen-bond donors (Lipinski definition) is 0. The van der Waals surface area contributed by atoms with E-state index in [1.54, 1.807) is 4.93 Å². The summed E-state index contributed by atoms with van der Waals surface area (Å²) in [5.41, 5.74) is 0.103. The van der Waals surface area contributed by atoms with Crippen molar-refractivity contribution in [2.45, 2.75) is 4.90 Å². The summed E-state index contributed by atoms with van der Waals surface area (Å²) in [7, 11) is 0.850. The van der Waals surface area contributed by atoms with E-state index in [0.717, 1.165) is 12.1 Å². The molecule has 0 fully saturated rings. The van der Waals surface area contributed by atoms with Crippen LogP contribution in [0, 0.1) is 11.0 Å². The maximum atomic E-state index is 13.1. The average molecular weight is 366 g/mol. The van der Waals surface area contributed by atoms with E-state index in [-0.39, 0.29) is 5.69 Å². The molecule has 0 unspecified atom stereocenters. The Kier molecular flexibility index (Phi) is 4.15. The van der Waals surface area contributed by atoms with E-state index in [4.69, 9.17) is 10.7 Å². The summed E-state index contributed by atoms with van der Waals surface area (Å²) in [4.78, 5) is 1.03. The number of nitrogens with zero attached hydrogens (tertiary/aromatic N) is 1. The molecule has 0 aliphatic rings. The topological polar surface area (TPSA) is 60.4 Å². The van der Waals surface area contributed by atoms with Crippen LogP contribution < -0.4 is 24.8 Å². The normalized spacial score (nSPS) is 11.7. The van der Waals surface area contributed by atoms with Crippen molar-refractivity contribution in [1.29, 1.82) is 0 Å². The predicted molar refractivity (Wildman–Crippen MR) is 51.2 cm³/mol. The van der Waals surface area contributed by atoms with Crippen molar-refractivity contribution in [3.63, 3.8) is 0 Å². The van der Waals surface area contributed by atoms with Gasteiger partial charge in [0.1, 0.15) is 0 Å². The van der Waals surface area contributed by atoms with Crippen LogP contribution >= 0.6 is 10.7 Å². The molecular weight excluding hydrogens is 360 g/mol. The van der Waals surface area contributed by atoms with Crippen molar-refractivity contribution in [2.24, 2.45) is 0 Å². The van der Waals surface area contributed by atoms with Gasteiger partial charge in [-0.15, -0.1) is 0 Å². The van der Waals surface area contributed by atoms with Crippen LogP contribution in [0.1, 0.15) is 0 Å². The van der Waals surface area contributed by atoms with Gasteiger partial charge in [0.15, 0.2) is 0 Å². The van der Waals surface area contributed by atoms with Crippen LogP contribution in [0.4, 0.5) is 10.1 Å². The van der Waals surface area contributed by atoms with Crippen molar-refractivity contribution in [3.8, 4) is 0 Å². The third kappa shape index (κ3) is 3.16. The molecule has 1 aromatic carbocycles. The van der Waals surface area contributed by atoms with Crippen molar-refractivity contribution in [3.05, 3.63) is 29.2 Å². The van der Waals surface area contributed by atoms with Crippen LogP contribution in [-0.4, -0.2) is 13.3 Å². The molecule has 4 nitrogen and oxygen atoms in total. The molecule has 0 bridgehead atoms. The van der Waals surface area contributed by atoms with Gasteiger partial charge in [-0.3, -0.25) is 0 Å². The number of rotatable bonds is 3. The average Bonchev–Trinajstić information content (AvgIpc) is 2.15. The molecule has 1 aromatic rings. The zero-order valence-corrected chi connectivity index (χ0v) is 11.2.